The van der Waals surface area contributed by atoms with Gasteiger partial charge >= 0.3 is 20.1 Å². The van der Waals surface area contributed by atoms with Crippen LogP contribution in [-0.2, 0) is 29.7 Å². The minimum absolute atomic E-state index is 0. The summed E-state index contributed by atoms with van der Waals surface area (Å²) in [6.45, 7) is 0. The fourth-order valence-corrected chi connectivity index (χ4v) is 0. The van der Waals surface area contributed by atoms with E-state index in [2.05, 4.69) is 0 Å². The number of carboxylic acid groups (broad SMARTS) is 2. The summed E-state index contributed by atoms with van der Waals surface area (Å²) in [6, 6.07) is 0. The summed E-state index contributed by atoms with van der Waals surface area (Å²) >= 11 is 0. The number of carbonyl (C=O) groups excluding carboxylic acids is 2. The molecule has 0 radical (unpaired) electrons. The molecule has 0 atom stereocenters. The van der Waals surface area contributed by atoms with Gasteiger partial charge in [-0.2, -0.15) is 0 Å². The summed E-state index contributed by atoms with van der Waals surface area (Å²) in [6.07, 6.45) is 0. The Kier molecular flexibility index (Phi) is 5.26. The van der Waals surface area contributed by atoms with E-state index in [0.717, 1.165) is 0 Å². The molecule has 0 amide bonds. The largest absolute Gasteiger partial charge is 3.00 e. The van der Waals surface area contributed by atoms with Crippen LogP contribution in [0.5, 0.6) is 0 Å². The first-order valence-electron chi connectivity index (χ1n) is 1.07. The summed E-state index contributed by atoms with van der Waals surface area (Å²) in [4.78, 5) is 17.9. The molecule has 0 unspecified atom stereocenters. The summed E-state index contributed by atoms with van der Waals surface area (Å²) in [5, 5.41) is 17.9. The first-order valence-corrected chi connectivity index (χ1v) is 1.07. The Balaban J connectivity index is 0. The monoisotopic (exact) mass is 281 g/mol. The van der Waals surface area contributed by atoms with Gasteiger partial charge in [-0.05, 0) is 0 Å². The SMILES string of the molecule is O=C([O-])C(=O)[O-].[Ir+3]. The molecule has 7 heavy (non-hydrogen) atoms. The van der Waals surface area contributed by atoms with Gasteiger partial charge < -0.3 is 19.8 Å². The van der Waals surface area contributed by atoms with Crippen molar-refractivity contribution in [1.29, 1.82) is 0 Å². The van der Waals surface area contributed by atoms with E-state index in [4.69, 9.17) is 19.8 Å². The predicted molar refractivity (Wildman–Crippen MR) is 10.0 cm³/mol. The van der Waals surface area contributed by atoms with Crippen LogP contribution in [0.4, 0.5) is 0 Å². The van der Waals surface area contributed by atoms with Crippen molar-refractivity contribution in [3.05, 3.63) is 0 Å². The van der Waals surface area contributed by atoms with Crippen LogP contribution in [0.25, 0.3) is 0 Å². The van der Waals surface area contributed by atoms with Gasteiger partial charge in [0.05, 0.1) is 11.9 Å². The minimum Gasteiger partial charge on any atom is -0.543 e. The molecule has 0 aromatic rings. The molecule has 0 aromatic carbocycles. The second-order valence-electron chi connectivity index (χ2n) is 0.575. The molecule has 0 rings (SSSR count). The van der Waals surface area contributed by atoms with Gasteiger partial charge in [0, 0.05) is 0 Å². The Morgan fingerprint density at radius 2 is 1.14 bits per heavy atom. The van der Waals surface area contributed by atoms with E-state index < -0.39 is 11.9 Å². The molecule has 0 saturated heterocycles. The van der Waals surface area contributed by atoms with Crippen molar-refractivity contribution in [2.24, 2.45) is 0 Å². The van der Waals surface area contributed by atoms with Crippen LogP contribution in [0.3, 0.4) is 0 Å². The molecule has 4 nitrogen and oxygen atoms in total. The maximum atomic E-state index is 8.93. The second kappa shape index (κ2) is 3.77. The van der Waals surface area contributed by atoms with Gasteiger partial charge in [0.1, 0.15) is 0 Å². The average Bonchev–Trinajstić information content (AvgIpc) is 1.36. The molecule has 0 bridgehead atoms. The van der Waals surface area contributed by atoms with Gasteiger partial charge in [-0.25, -0.2) is 0 Å². The molecular formula is C2IrO4+. The quantitative estimate of drug-likeness (QED) is 0.431. The molecule has 40 valence electrons. The molecular weight excluding hydrogens is 280 g/mol. The fraction of sp³-hybridized carbons (Fsp3) is 0. The van der Waals surface area contributed by atoms with Gasteiger partial charge in [-0.15, -0.1) is 0 Å². The van der Waals surface area contributed by atoms with E-state index in [-0.39, 0.29) is 20.1 Å². The van der Waals surface area contributed by atoms with E-state index in [1.807, 2.05) is 0 Å². The van der Waals surface area contributed by atoms with Crippen LogP contribution in [0.15, 0.2) is 0 Å². The molecule has 5 heteroatoms. The summed E-state index contributed by atoms with van der Waals surface area (Å²) in [5.74, 6) is -4.37. The Labute approximate surface area is 52.5 Å². The van der Waals surface area contributed by atoms with E-state index in [1.54, 1.807) is 0 Å². The van der Waals surface area contributed by atoms with Gasteiger partial charge in [-0.3, -0.25) is 0 Å². The van der Waals surface area contributed by atoms with E-state index in [0.29, 0.717) is 0 Å². The molecule has 0 aliphatic heterocycles. The van der Waals surface area contributed by atoms with Crippen molar-refractivity contribution in [1.82, 2.24) is 0 Å². The zero-order valence-electron chi connectivity index (χ0n) is 2.97. The summed E-state index contributed by atoms with van der Waals surface area (Å²) in [5.41, 5.74) is 0. The predicted octanol–water partition coefficient (Wildman–Crippen LogP) is -3.52. The average molecular weight is 280 g/mol. The number of hydrogen-bond donors (Lipinski definition) is 0. The standard InChI is InChI=1S/C2H2O4.Ir/c3-1(4)2(5)6;/h(H,3,4)(H,5,6);/q;+3/p-2. The van der Waals surface area contributed by atoms with Gasteiger partial charge in [0.25, 0.3) is 0 Å². The molecule has 0 fully saturated rings. The van der Waals surface area contributed by atoms with Crippen LogP contribution in [0.2, 0.25) is 0 Å². The minimum atomic E-state index is -2.19. The Morgan fingerprint density at radius 1 is 1.00 bits per heavy atom. The Bertz CT molecular complexity index is 75.7. The van der Waals surface area contributed by atoms with E-state index in [1.165, 1.54) is 0 Å². The van der Waals surface area contributed by atoms with Crippen molar-refractivity contribution < 1.29 is 39.9 Å². The first kappa shape index (κ1) is 9.77. The van der Waals surface area contributed by atoms with E-state index in [9.17, 15) is 0 Å². The molecule has 0 heterocycles. The number of carboxylic acids is 2. The topological polar surface area (TPSA) is 80.3 Å². The zero-order valence-corrected chi connectivity index (χ0v) is 5.36. The maximum Gasteiger partial charge on any atom is 3.00 e. The number of aliphatic carboxylic acids is 2. The van der Waals surface area contributed by atoms with Crippen LogP contribution in [0.1, 0.15) is 0 Å². The van der Waals surface area contributed by atoms with Crippen molar-refractivity contribution >= 4 is 11.9 Å². The van der Waals surface area contributed by atoms with Crippen molar-refractivity contribution in [2.45, 2.75) is 0 Å². The molecule has 0 N–H and O–H groups in total. The normalized spacial score (nSPS) is 6.29. The fourth-order valence-electron chi connectivity index (χ4n) is 0. The van der Waals surface area contributed by atoms with E-state index >= 15 is 0 Å². The van der Waals surface area contributed by atoms with Crippen molar-refractivity contribution in [3.63, 3.8) is 0 Å². The summed E-state index contributed by atoms with van der Waals surface area (Å²) in [7, 11) is 0. The van der Waals surface area contributed by atoms with Gasteiger partial charge in [0.2, 0.25) is 0 Å². The zero-order chi connectivity index (χ0) is 5.15. The Morgan fingerprint density at radius 3 is 1.14 bits per heavy atom. The molecule has 0 saturated carbocycles. The number of carbonyl (C=O) groups is 2. The van der Waals surface area contributed by atoms with Crippen molar-refractivity contribution in [2.75, 3.05) is 0 Å². The molecule has 0 aliphatic rings. The molecule has 0 aliphatic carbocycles. The molecule has 0 spiro atoms. The van der Waals surface area contributed by atoms with Crippen LogP contribution >= 0.6 is 0 Å². The third-order valence-electron chi connectivity index (χ3n) is 0.167. The number of rotatable bonds is 0. The van der Waals surface area contributed by atoms with Gasteiger partial charge in [0.15, 0.2) is 0 Å². The van der Waals surface area contributed by atoms with Crippen LogP contribution < -0.4 is 10.2 Å². The third kappa shape index (κ3) is 5.59. The maximum absolute atomic E-state index is 8.93. The Hall–Kier alpha value is -0.411. The third-order valence-corrected chi connectivity index (χ3v) is 0.167. The van der Waals surface area contributed by atoms with Crippen LogP contribution in [0, 0.1) is 0 Å². The first-order chi connectivity index (χ1) is 2.64. The van der Waals surface area contributed by atoms with Gasteiger partial charge in [-0.1, -0.05) is 0 Å². The summed E-state index contributed by atoms with van der Waals surface area (Å²) < 4.78 is 0. The van der Waals surface area contributed by atoms with Crippen LogP contribution in [-0.4, -0.2) is 11.9 Å². The van der Waals surface area contributed by atoms with Crippen molar-refractivity contribution in [3.8, 4) is 0 Å². The smallest absolute Gasteiger partial charge is 0.543 e. The molecule has 0 aromatic heterocycles. The second-order valence-corrected chi connectivity index (χ2v) is 0.575. The number of hydrogen-bond acceptors (Lipinski definition) is 4.